The SMILES string of the molecule is C[C@@H]1CC[C@@]2(Cc3nc(O[I-]C45CCCN4C[C@H](F)C5)nc(N4CCCn5nc(C(=O)N(C)C)cc5C4)c3CO2)c2c1ccc(N)c2C#N. The van der Waals surface area contributed by atoms with Crippen LogP contribution in [0.1, 0.15) is 95.5 Å². The molecule has 4 aliphatic heterocycles. The molecule has 260 valence electrons. The number of carbonyl (C=O) groups is 1. The predicted molar refractivity (Wildman–Crippen MR) is 175 cm³/mol. The molecule has 14 heteroatoms. The molecule has 2 aromatic heterocycles. The second-order valence-electron chi connectivity index (χ2n) is 14.4. The van der Waals surface area contributed by atoms with Crippen LogP contribution in [0.3, 0.4) is 0 Å². The standard InChI is InChI=1S/C35H42FIN9O3/c1-21-8-10-34(30-24(21)6-7-27(39)25(30)17-38)16-29-26(20-48-34)31(41-33(40-29)49-37-35-9-4-12-45(35)18-22(36)15-35)44-11-5-13-46-23(19-44)14-28(42-46)32(47)43(2)3/h6-7,14,21-22H,4-5,8-13,15-16,18-20,39H2,1-3H3/q-1/t21-,22-,34-,35?/m1/s1. The van der Waals surface area contributed by atoms with Gasteiger partial charge in [0.05, 0.1) is 0 Å². The van der Waals surface area contributed by atoms with Crippen LogP contribution in [0, 0.1) is 11.3 Å². The molecule has 8 rings (SSSR count). The number of nitrogens with two attached hydrogens (primary N) is 1. The van der Waals surface area contributed by atoms with Crippen molar-refractivity contribution in [1.82, 2.24) is 29.5 Å². The fourth-order valence-corrected chi connectivity index (χ4v) is 11.3. The van der Waals surface area contributed by atoms with Gasteiger partial charge < -0.3 is 0 Å². The third-order valence-electron chi connectivity index (χ3n) is 11.0. The molecule has 3 aromatic rings. The summed E-state index contributed by atoms with van der Waals surface area (Å²) >= 11 is -0.944. The van der Waals surface area contributed by atoms with Crippen molar-refractivity contribution in [2.75, 3.05) is 44.4 Å². The molecular weight excluding hydrogens is 740 g/mol. The van der Waals surface area contributed by atoms with E-state index in [2.05, 4.69) is 27.9 Å². The van der Waals surface area contributed by atoms with Crippen LogP contribution in [-0.2, 0) is 36.5 Å². The van der Waals surface area contributed by atoms with Gasteiger partial charge >= 0.3 is 298 Å². The molecule has 1 amide bonds. The first-order chi connectivity index (χ1) is 23.6. The van der Waals surface area contributed by atoms with Gasteiger partial charge in [0.1, 0.15) is 0 Å². The average Bonchev–Trinajstić information content (AvgIpc) is 3.71. The van der Waals surface area contributed by atoms with Crippen LogP contribution in [0.2, 0.25) is 0 Å². The van der Waals surface area contributed by atoms with Gasteiger partial charge in [0.25, 0.3) is 0 Å². The maximum absolute atomic E-state index is 14.7. The van der Waals surface area contributed by atoms with Gasteiger partial charge in [-0.05, 0) is 0 Å². The first-order valence-electron chi connectivity index (χ1n) is 17.2. The Labute approximate surface area is 296 Å². The topological polar surface area (TPSA) is 139 Å². The Bertz CT molecular complexity index is 1860. The van der Waals surface area contributed by atoms with Crippen LogP contribution in [0.25, 0.3) is 0 Å². The number of aromatic nitrogens is 4. The number of carbonyl (C=O) groups excluding carboxylic acids is 1. The maximum atomic E-state index is 14.7. The molecule has 5 aliphatic rings. The Hall–Kier alpha value is -3.55. The Morgan fingerprint density at radius 2 is 2.08 bits per heavy atom. The monoisotopic (exact) mass is 782 g/mol. The van der Waals surface area contributed by atoms with Gasteiger partial charge in [0.2, 0.25) is 0 Å². The van der Waals surface area contributed by atoms with E-state index in [4.69, 9.17) is 23.5 Å². The number of hydrogen-bond donors (Lipinski definition) is 1. The number of alkyl halides is 2. The van der Waals surface area contributed by atoms with E-state index < -0.39 is 33.4 Å². The normalized spacial score (nSPS) is 27.6. The Morgan fingerprint density at radius 1 is 1.22 bits per heavy atom. The van der Waals surface area contributed by atoms with Crippen molar-refractivity contribution in [3.8, 4) is 12.1 Å². The van der Waals surface area contributed by atoms with E-state index in [1.54, 1.807) is 14.1 Å². The summed E-state index contributed by atoms with van der Waals surface area (Å²) < 4.78 is 29.8. The number of fused-ring (bicyclic) bond motifs is 5. The van der Waals surface area contributed by atoms with E-state index in [1.165, 1.54) is 4.90 Å². The van der Waals surface area contributed by atoms with E-state index >= 15 is 0 Å². The summed E-state index contributed by atoms with van der Waals surface area (Å²) in [5.74, 6) is 0.891. The zero-order chi connectivity index (χ0) is 34.1. The molecule has 2 N–H and O–H groups in total. The zero-order valence-corrected chi connectivity index (χ0v) is 30.4. The van der Waals surface area contributed by atoms with Crippen molar-refractivity contribution >= 4 is 17.4 Å². The van der Waals surface area contributed by atoms with Gasteiger partial charge in [-0.3, -0.25) is 0 Å². The van der Waals surface area contributed by atoms with Crippen LogP contribution >= 0.6 is 0 Å². The molecule has 0 saturated carbocycles. The summed E-state index contributed by atoms with van der Waals surface area (Å²) in [5, 5.41) is 14.9. The number of nitriles is 1. The van der Waals surface area contributed by atoms with E-state index in [-0.39, 0.29) is 22.0 Å². The molecule has 12 nitrogen and oxygen atoms in total. The van der Waals surface area contributed by atoms with Crippen molar-refractivity contribution < 1.29 is 38.6 Å². The van der Waals surface area contributed by atoms with Crippen molar-refractivity contribution in [3.63, 3.8) is 0 Å². The average molecular weight is 783 g/mol. The summed E-state index contributed by atoms with van der Waals surface area (Å²) in [6.07, 6.45) is 4.58. The van der Waals surface area contributed by atoms with Crippen molar-refractivity contribution in [1.29, 1.82) is 5.26 Å². The predicted octanol–water partition coefficient (Wildman–Crippen LogP) is 1.02. The summed E-state index contributed by atoms with van der Waals surface area (Å²) in [7, 11) is 3.46. The summed E-state index contributed by atoms with van der Waals surface area (Å²) in [5.41, 5.74) is 11.7. The van der Waals surface area contributed by atoms with Crippen molar-refractivity contribution in [2.24, 2.45) is 0 Å². The van der Waals surface area contributed by atoms with E-state index in [0.29, 0.717) is 55.4 Å². The van der Waals surface area contributed by atoms with Crippen LogP contribution in [-0.4, -0.2) is 78.9 Å². The molecule has 1 aromatic carbocycles. The molecule has 2 fully saturated rings. The van der Waals surface area contributed by atoms with Gasteiger partial charge in [-0.15, -0.1) is 0 Å². The number of anilines is 2. The number of rotatable bonds is 5. The van der Waals surface area contributed by atoms with Crippen LogP contribution in [0.15, 0.2) is 18.2 Å². The Kier molecular flexibility index (Phi) is 8.22. The molecule has 1 aliphatic carbocycles. The van der Waals surface area contributed by atoms with Gasteiger partial charge in [-0.2, -0.15) is 0 Å². The summed E-state index contributed by atoms with van der Waals surface area (Å²) in [6, 6.07) is 8.45. The molecule has 0 radical (unpaired) electrons. The molecule has 1 unspecified atom stereocenters. The number of benzene rings is 1. The minimum absolute atomic E-state index is 0.132. The number of hydrogen-bond acceptors (Lipinski definition) is 10. The zero-order valence-electron chi connectivity index (χ0n) is 28.2. The van der Waals surface area contributed by atoms with Crippen LogP contribution in [0.5, 0.6) is 6.01 Å². The molecule has 0 bridgehead atoms. The first-order valence-corrected chi connectivity index (χ1v) is 19.2. The second-order valence-corrected chi connectivity index (χ2v) is 17.3. The number of nitrogen functional groups attached to an aromatic ring is 1. The first kappa shape index (κ1) is 32.6. The molecule has 49 heavy (non-hydrogen) atoms. The molecule has 6 heterocycles. The van der Waals surface area contributed by atoms with Gasteiger partial charge in [-0.1, -0.05) is 0 Å². The van der Waals surface area contributed by atoms with Crippen molar-refractivity contribution in [3.05, 3.63) is 57.5 Å². The van der Waals surface area contributed by atoms with Crippen LogP contribution < -0.4 is 35.3 Å². The molecule has 4 atom stereocenters. The molecule has 1 spiro atoms. The number of aryl methyl sites for hydroxylation is 1. The van der Waals surface area contributed by atoms with Gasteiger partial charge in [0.15, 0.2) is 0 Å². The summed E-state index contributed by atoms with van der Waals surface area (Å²) in [6.45, 7) is 5.75. The second kappa shape index (κ2) is 12.3. The fourth-order valence-electron chi connectivity index (χ4n) is 8.56. The third kappa shape index (κ3) is 5.52. The van der Waals surface area contributed by atoms with E-state index in [1.807, 2.05) is 22.9 Å². The Morgan fingerprint density at radius 3 is 2.90 bits per heavy atom. The Balaban J connectivity index is 1.19. The van der Waals surface area contributed by atoms with Crippen molar-refractivity contribution in [2.45, 2.75) is 92.8 Å². The van der Waals surface area contributed by atoms with E-state index in [9.17, 15) is 14.4 Å². The number of nitrogens with zero attached hydrogens (tertiary/aromatic N) is 8. The third-order valence-corrected chi connectivity index (χ3v) is 14.1. The van der Waals surface area contributed by atoms with Crippen LogP contribution in [0.4, 0.5) is 15.9 Å². The minimum atomic E-state index is -0.944. The fraction of sp³-hybridized carbons (Fsp3) is 0.571. The van der Waals surface area contributed by atoms with Gasteiger partial charge in [0, 0.05) is 0 Å². The molecule has 2 saturated heterocycles. The number of amides is 1. The van der Waals surface area contributed by atoms with Gasteiger partial charge in [-0.25, -0.2) is 0 Å². The van der Waals surface area contributed by atoms with E-state index in [0.717, 1.165) is 79.1 Å². The quantitative estimate of drug-likeness (QED) is 0.173. The number of halogens is 2. The number of ether oxygens (including phenoxy) is 1. The molecular formula is C35H42FIN9O3-. The summed E-state index contributed by atoms with van der Waals surface area (Å²) in [4.78, 5) is 29.0.